The summed E-state index contributed by atoms with van der Waals surface area (Å²) in [6.45, 7) is 6.39. The quantitative estimate of drug-likeness (QED) is 0.784. The van der Waals surface area contributed by atoms with Gasteiger partial charge in [-0.05, 0) is 12.8 Å². The van der Waals surface area contributed by atoms with Crippen LogP contribution in [0.4, 0.5) is 0 Å². The summed E-state index contributed by atoms with van der Waals surface area (Å²) in [7, 11) is 3.11. The average Bonchev–Trinajstić information content (AvgIpc) is 2.77. The molecule has 0 aliphatic carbocycles. The molecular formula is C15H22N2O3. The summed E-state index contributed by atoms with van der Waals surface area (Å²) < 4.78 is 10.1. The van der Waals surface area contributed by atoms with Crippen molar-refractivity contribution in [1.29, 1.82) is 0 Å². The first-order valence-corrected chi connectivity index (χ1v) is 6.85. The van der Waals surface area contributed by atoms with E-state index < -0.39 is 0 Å². The third-order valence-electron chi connectivity index (χ3n) is 3.79. The lowest BCUT2D eigenvalue weighted by Crippen LogP contribution is -2.24. The van der Waals surface area contributed by atoms with Crippen LogP contribution in [0, 0.1) is 18.8 Å². The van der Waals surface area contributed by atoms with Crippen molar-refractivity contribution in [2.24, 2.45) is 11.8 Å². The molecule has 5 heteroatoms. The van der Waals surface area contributed by atoms with Crippen LogP contribution in [0.2, 0.25) is 0 Å². The second-order valence-corrected chi connectivity index (χ2v) is 5.44. The zero-order valence-corrected chi connectivity index (χ0v) is 12.5. The van der Waals surface area contributed by atoms with Crippen molar-refractivity contribution in [1.82, 2.24) is 9.88 Å². The third-order valence-corrected chi connectivity index (χ3v) is 3.79. The highest BCUT2D eigenvalue weighted by Gasteiger charge is 2.35. The van der Waals surface area contributed by atoms with Crippen LogP contribution in [0.25, 0.3) is 0 Å². The van der Waals surface area contributed by atoms with Crippen LogP contribution in [-0.4, -0.2) is 43.2 Å². The van der Waals surface area contributed by atoms with Crippen LogP contribution < -0.4 is 4.74 Å². The molecule has 1 aliphatic heterocycles. The third kappa shape index (κ3) is 3.28. The van der Waals surface area contributed by atoms with Crippen molar-refractivity contribution in [3.05, 3.63) is 23.5 Å². The van der Waals surface area contributed by atoms with Gasteiger partial charge in [0.15, 0.2) is 0 Å². The number of esters is 1. The van der Waals surface area contributed by atoms with E-state index in [1.54, 1.807) is 7.11 Å². The van der Waals surface area contributed by atoms with E-state index >= 15 is 0 Å². The lowest BCUT2D eigenvalue weighted by molar-refractivity contribution is -0.146. The predicted molar refractivity (Wildman–Crippen MR) is 75.5 cm³/mol. The summed E-state index contributed by atoms with van der Waals surface area (Å²) in [5, 5.41) is 0. The number of methoxy groups -OCH3 is 2. The molecule has 1 fully saturated rings. The molecule has 2 heterocycles. The number of carbonyl (C=O) groups is 1. The topological polar surface area (TPSA) is 51.7 Å². The van der Waals surface area contributed by atoms with E-state index in [0.29, 0.717) is 5.92 Å². The molecule has 2 unspecified atom stereocenters. The summed E-state index contributed by atoms with van der Waals surface area (Å²) >= 11 is 0. The second kappa shape index (κ2) is 6.22. The normalized spacial score (nSPS) is 22.8. The number of carbonyl (C=O) groups excluding carboxylic acids is 1. The molecule has 0 spiro atoms. The Labute approximate surface area is 119 Å². The molecule has 1 aliphatic rings. The van der Waals surface area contributed by atoms with E-state index in [4.69, 9.17) is 9.47 Å². The first-order chi connectivity index (χ1) is 9.53. The maximum absolute atomic E-state index is 11.7. The number of pyridine rings is 1. The molecule has 110 valence electrons. The van der Waals surface area contributed by atoms with E-state index in [2.05, 4.69) is 16.8 Å². The Kier molecular flexibility index (Phi) is 4.60. The molecule has 0 radical (unpaired) electrons. The van der Waals surface area contributed by atoms with Gasteiger partial charge in [-0.1, -0.05) is 6.92 Å². The van der Waals surface area contributed by atoms with Gasteiger partial charge in [0.05, 0.1) is 25.8 Å². The summed E-state index contributed by atoms with van der Waals surface area (Å²) in [6, 6.07) is 3.86. The van der Waals surface area contributed by atoms with Gasteiger partial charge in [0, 0.05) is 37.5 Å². The molecule has 2 atom stereocenters. The summed E-state index contributed by atoms with van der Waals surface area (Å²) in [4.78, 5) is 18.5. The fourth-order valence-electron chi connectivity index (χ4n) is 2.79. The smallest absolute Gasteiger partial charge is 0.310 e. The first kappa shape index (κ1) is 14.8. The zero-order chi connectivity index (χ0) is 14.7. The van der Waals surface area contributed by atoms with Crippen LogP contribution in [-0.2, 0) is 16.1 Å². The predicted octanol–water partition coefficient (Wildman–Crippen LogP) is 1.64. The summed E-state index contributed by atoms with van der Waals surface area (Å²) in [5.74, 6) is 0.986. The molecule has 2 rings (SSSR count). The molecule has 5 nitrogen and oxygen atoms in total. The molecule has 20 heavy (non-hydrogen) atoms. The van der Waals surface area contributed by atoms with Crippen LogP contribution >= 0.6 is 0 Å². The number of hydrogen-bond donors (Lipinski definition) is 0. The molecule has 0 aromatic carbocycles. The van der Waals surface area contributed by atoms with Crippen molar-refractivity contribution in [3.63, 3.8) is 0 Å². The number of rotatable bonds is 4. The molecule has 1 saturated heterocycles. The Hall–Kier alpha value is -1.62. The largest absolute Gasteiger partial charge is 0.497 e. The van der Waals surface area contributed by atoms with Gasteiger partial charge in [-0.15, -0.1) is 0 Å². The minimum absolute atomic E-state index is 0.0355. The molecular weight excluding hydrogens is 256 g/mol. The van der Waals surface area contributed by atoms with E-state index in [1.165, 1.54) is 7.11 Å². The molecule has 0 bridgehead atoms. The highest BCUT2D eigenvalue weighted by Crippen LogP contribution is 2.26. The highest BCUT2D eigenvalue weighted by molar-refractivity contribution is 5.73. The van der Waals surface area contributed by atoms with E-state index in [0.717, 1.165) is 36.8 Å². The van der Waals surface area contributed by atoms with Crippen molar-refractivity contribution in [3.8, 4) is 5.75 Å². The number of hydrogen-bond acceptors (Lipinski definition) is 5. The number of nitrogens with zero attached hydrogens (tertiary/aromatic N) is 2. The van der Waals surface area contributed by atoms with Gasteiger partial charge in [0.1, 0.15) is 5.75 Å². The lowest BCUT2D eigenvalue weighted by atomic mass is 9.99. The van der Waals surface area contributed by atoms with Crippen molar-refractivity contribution in [2.75, 3.05) is 27.3 Å². The number of likely N-dealkylation sites (tertiary alicyclic amines) is 1. The molecule has 1 aromatic rings. The van der Waals surface area contributed by atoms with Gasteiger partial charge in [-0.3, -0.25) is 14.7 Å². The van der Waals surface area contributed by atoms with Gasteiger partial charge in [-0.25, -0.2) is 0 Å². The van der Waals surface area contributed by atoms with Crippen LogP contribution in [0.5, 0.6) is 5.75 Å². The van der Waals surface area contributed by atoms with E-state index in [-0.39, 0.29) is 11.9 Å². The van der Waals surface area contributed by atoms with Crippen molar-refractivity contribution >= 4 is 5.97 Å². The standard InChI is InChI=1S/C15H22N2O3/c1-10-7-17(9-14(10)15(18)20-4)8-12-6-13(19-3)5-11(2)16-12/h5-6,10,14H,7-9H2,1-4H3. The fourth-order valence-corrected chi connectivity index (χ4v) is 2.79. The van der Waals surface area contributed by atoms with Gasteiger partial charge in [0.25, 0.3) is 0 Å². The van der Waals surface area contributed by atoms with Crippen LogP contribution in [0.1, 0.15) is 18.3 Å². The number of aromatic nitrogens is 1. The highest BCUT2D eigenvalue weighted by atomic mass is 16.5. The molecule has 0 N–H and O–H groups in total. The maximum atomic E-state index is 11.7. The minimum atomic E-state index is -0.116. The molecule has 0 saturated carbocycles. The molecule has 1 aromatic heterocycles. The maximum Gasteiger partial charge on any atom is 0.310 e. The minimum Gasteiger partial charge on any atom is -0.497 e. The van der Waals surface area contributed by atoms with E-state index in [9.17, 15) is 4.79 Å². The van der Waals surface area contributed by atoms with Gasteiger partial charge in [0.2, 0.25) is 0 Å². The SMILES string of the molecule is COC(=O)C1CN(Cc2cc(OC)cc(C)n2)CC1C. The number of ether oxygens (including phenoxy) is 2. The Morgan fingerprint density at radius 1 is 1.40 bits per heavy atom. The van der Waals surface area contributed by atoms with Gasteiger partial charge in [-0.2, -0.15) is 0 Å². The van der Waals surface area contributed by atoms with E-state index in [1.807, 2.05) is 19.1 Å². The summed E-state index contributed by atoms with van der Waals surface area (Å²) in [6.07, 6.45) is 0. The fraction of sp³-hybridized carbons (Fsp3) is 0.600. The van der Waals surface area contributed by atoms with Gasteiger partial charge < -0.3 is 9.47 Å². The Bertz CT molecular complexity index is 490. The Morgan fingerprint density at radius 3 is 2.80 bits per heavy atom. The van der Waals surface area contributed by atoms with Crippen molar-refractivity contribution < 1.29 is 14.3 Å². The Balaban J connectivity index is 2.04. The van der Waals surface area contributed by atoms with Crippen molar-refractivity contribution in [2.45, 2.75) is 20.4 Å². The molecule has 0 amide bonds. The monoisotopic (exact) mass is 278 g/mol. The average molecular weight is 278 g/mol. The first-order valence-electron chi connectivity index (χ1n) is 6.85. The Morgan fingerprint density at radius 2 is 2.15 bits per heavy atom. The summed E-state index contributed by atoms with van der Waals surface area (Å²) in [5.41, 5.74) is 1.91. The second-order valence-electron chi connectivity index (χ2n) is 5.44. The number of aryl methyl sites for hydroxylation is 1. The lowest BCUT2D eigenvalue weighted by Gasteiger charge is -2.15. The van der Waals surface area contributed by atoms with Crippen LogP contribution in [0.3, 0.4) is 0 Å². The van der Waals surface area contributed by atoms with Gasteiger partial charge >= 0.3 is 5.97 Å². The van der Waals surface area contributed by atoms with Crippen LogP contribution in [0.15, 0.2) is 12.1 Å². The zero-order valence-electron chi connectivity index (χ0n) is 12.5.